The molecule has 0 spiro atoms. The molecule has 0 radical (unpaired) electrons. The van der Waals surface area contributed by atoms with Gasteiger partial charge in [-0.05, 0) is 49.4 Å². The molecule has 0 unspecified atom stereocenters. The molecular formula is C23H35N3O3. The van der Waals surface area contributed by atoms with Crippen LogP contribution in [-0.2, 0) is 20.7 Å². The highest BCUT2D eigenvalue weighted by atomic mass is 16.5. The number of ether oxygens (including phenoxy) is 1. The Labute approximate surface area is 174 Å². The van der Waals surface area contributed by atoms with Crippen LogP contribution in [-0.4, -0.2) is 74.1 Å². The van der Waals surface area contributed by atoms with E-state index in [-0.39, 0.29) is 17.7 Å². The normalized spacial score (nSPS) is 18.8. The molecule has 2 heterocycles. The molecule has 1 aromatic carbocycles. The largest absolute Gasteiger partial charge is 0.378 e. The van der Waals surface area contributed by atoms with Gasteiger partial charge in [0.2, 0.25) is 11.8 Å². The summed E-state index contributed by atoms with van der Waals surface area (Å²) in [6, 6.07) is 8.64. The lowest BCUT2D eigenvalue weighted by molar-refractivity contribution is -0.141. The van der Waals surface area contributed by atoms with Gasteiger partial charge < -0.3 is 15.0 Å². The summed E-state index contributed by atoms with van der Waals surface area (Å²) in [4.78, 5) is 29.0. The molecule has 2 saturated heterocycles. The van der Waals surface area contributed by atoms with E-state index in [1.165, 1.54) is 11.1 Å². The lowest BCUT2D eigenvalue weighted by Gasteiger charge is -2.35. The van der Waals surface area contributed by atoms with E-state index in [4.69, 9.17) is 4.74 Å². The quantitative estimate of drug-likeness (QED) is 0.760. The number of amides is 2. The van der Waals surface area contributed by atoms with E-state index in [1.807, 2.05) is 4.90 Å². The molecule has 0 aromatic heterocycles. The van der Waals surface area contributed by atoms with E-state index < -0.39 is 0 Å². The number of nitrogens with zero attached hydrogens (tertiary/aromatic N) is 2. The molecule has 6 nitrogen and oxygen atoms in total. The SMILES string of the molecule is CC(C)c1ccc(CCNC(=O)CN2CCC(C(=O)N3CCOCC3)CC2)cc1. The van der Waals surface area contributed by atoms with Crippen LogP contribution in [0, 0.1) is 5.92 Å². The third-order valence-corrected chi connectivity index (χ3v) is 6.01. The Hall–Kier alpha value is -1.92. The molecule has 160 valence electrons. The van der Waals surface area contributed by atoms with Crippen molar-refractivity contribution >= 4 is 11.8 Å². The molecule has 0 atom stereocenters. The maximum absolute atomic E-state index is 12.6. The van der Waals surface area contributed by atoms with Crippen LogP contribution in [0.25, 0.3) is 0 Å². The first-order valence-corrected chi connectivity index (χ1v) is 11.0. The van der Waals surface area contributed by atoms with E-state index in [9.17, 15) is 9.59 Å². The molecule has 2 fully saturated rings. The van der Waals surface area contributed by atoms with Crippen LogP contribution in [0.2, 0.25) is 0 Å². The summed E-state index contributed by atoms with van der Waals surface area (Å²) in [7, 11) is 0. The number of piperidine rings is 1. The summed E-state index contributed by atoms with van der Waals surface area (Å²) in [6.45, 7) is 9.79. The van der Waals surface area contributed by atoms with Crippen molar-refractivity contribution in [1.29, 1.82) is 0 Å². The maximum Gasteiger partial charge on any atom is 0.234 e. The van der Waals surface area contributed by atoms with Gasteiger partial charge in [0.1, 0.15) is 0 Å². The molecule has 1 aromatic rings. The van der Waals surface area contributed by atoms with Gasteiger partial charge in [0, 0.05) is 25.6 Å². The Morgan fingerprint density at radius 1 is 1.07 bits per heavy atom. The highest BCUT2D eigenvalue weighted by Gasteiger charge is 2.29. The Kier molecular flexibility index (Phi) is 8.07. The minimum atomic E-state index is 0.0711. The third-order valence-electron chi connectivity index (χ3n) is 6.01. The molecule has 0 bridgehead atoms. The molecule has 1 N–H and O–H groups in total. The zero-order valence-corrected chi connectivity index (χ0v) is 17.9. The average Bonchev–Trinajstić information content (AvgIpc) is 2.75. The number of benzene rings is 1. The zero-order chi connectivity index (χ0) is 20.6. The fraction of sp³-hybridized carbons (Fsp3) is 0.652. The van der Waals surface area contributed by atoms with Crippen molar-refractivity contribution in [2.45, 2.75) is 39.0 Å². The van der Waals surface area contributed by atoms with Crippen molar-refractivity contribution in [2.24, 2.45) is 5.92 Å². The number of likely N-dealkylation sites (tertiary alicyclic amines) is 1. The Balaban J connectivity index is 1.32. The highest BCUT2D eigenvalue weighted by molar-refractivity contribution is 5.79. The van der Waals surface area contributed by atoms with Crippen molar-refractivity contribution < 1.29 is 14.3 Å². The van der Waals surface area contributed by atoms with Crippen LogP contribution in [0.15, 0.2) is 24.3 Å². The average molecular weight is 402 g/mol. The Morgan fingerprint density at radius 2 is 1.72 bits per heavy atom. The van der Waals surface area contributed by atoms with E-state index in [0.29, 0.717) is 45.3 Å². The van der Waals surface area contributed by atoms with Gasteiger partial charge in [-0.2, -0.15) is 0 Å². The van der Waals surface area contributed by atoms with Crippen LogP contribution in [0.1, 0.15) is 43.7 Å². The standard InChI is InChI=1S/C23H35N3O3/c1-18(2)20-5-3-19(4-6-20)7-10-24-22(27)17-25-11-8-21(9-12-25)23(28)26-13-15-29-16-14-26/h3-6,18,21H,7-17H2,1-2H3,(H,24,27). The number of nitrogens with one attached hydrogen (secondary N) is 1. The number of rotatable bonds is 7. The molecular weight excluding hydrogens is 366 g/mol. The third kappa shape index (κ3) is 6.54. The summed E-state index contributed by atoms with van der Waals surface area (Å²) in [5.41, 5.74) is 2.59. The number of carbonyl (C=O) groups is 2. The van der Waals surface area contributed by atoms with Crippen LogP contribution in [0.5, 0.6) is 0 Å². The molecule has 0 saturated carbocycles. The fourth-order valence-corrected chi connectivity index (χ4v) is 4.05. The molecule has 2 aliphatic rings. The second-order valence-electron chi connectivity index (χ2n) is 8.48. The van der Waals surface area contributed by atoms with Crippen molar-refractivity contribution in [2.75, 3.05) is 52.5 Å². The topological polar surface area (TPSA) is 61.9 Å². The predicted octanol–water partition coefficient (Wildman–Crippen LogP) is 2.04. The monoisotopic (exact) mass is 401 g/mol. The lowest BCUT2D eigenvalue weighted by Crippen LogP contribution is -2.48. The first-order chi connectivity index (χ1) is 14.0. The van der Waals surface area contributed by atoms with Crippen LogP contribution in [0.3, 0.4) is 0 Å². The fourth-order valence-electron chi connectivity index (χ4n) is 4.05. The van der Waals surface area contributed by atoms with Gasteiger partial charge in [-0.25, -0.2) is 0 Å². The van der Waals surface area contributed by atoms with E-state index in [1.54, 1.807) is 0 Å². The Bertz CT molecular complexity index is 660. The summed E-state index contributed by atoms with van der Waals surface area (Å²) in [5.74, 6) is 0.973. The second-order valence-corrected chi connectivity index (χ2v) is 8.48. The Morgan fingerprint density at radius 3 is 2.34 bits per heavy atom. The van der Waals surface area contributed by atoms with Gasteiger partial charge in [0.25, 0.3) is 0 Å². The summed E-state index contributed by atoms with van der Waals surface area (Å²) < 4.78 is 5.33. The van der Waals surface area contributed by atoms with Crippen molar-refractivity contribution in [3.8, 4) is 0 Å². The first-order valence-electron chi connectivity index (χ1n) is 11.0. The molecule has 6 heteroatoms. The predicted molar refractivity (Wildman–Crippen MR) is 114 cm³/mol. The van der Waals surface area contributed by atoms with E-state index in [2.05, 4.69) is 48.3 Å². The van der Waals surface area contributed by atoms with Gasteiger partial charge in [-0.3, -0.25) is 14.5 Å². The lowest BCUT2D eigenvalue weighted by atomic mass is 9.95. The number of hydrogen-bond donors (Lipinski definition) is 1. The zero-order valence-electron chi connectivity index (χ0n) is 17.9. The van der Waals surface area contributed by atoms with Gasteiger partial charge in [0.05, 0.1) is 19.8 Å². The summed E-state index contributed by atoms with van der Waals surface area (Å²) in [5, 5.41) is 3.03. The second kappa shape index (κ2) is 10.7. The van der Waals surface area contributed by atoms with Gasteiger partial charge in [-0.15, -0.1) is 0 Å². The number of morpholine rings is 1. The van der Waals surface area contributed by atoms with Crippen molar-refractivity contribution in [1.82, 2.24) is 15.1 Å². The van der Waals surface area contributed by atoms with Gasteiger partial charge in [-0.1, -0.05) is 38.1 Å². The molecule has 29 heavy (non-hydrogen) atoms. The first kappa shape index (κ1) is 21.8. The van der Waals surface area contributed by atoms with Crippen molar-refractivity contribution in [3.05, 3.63) is 35.4 Å². The molecule has 0 aliphatic carbocycles. The number of hydrogen-bond acceptors (Lipinski definition) is 4. The summed E-state index contributed by atoms with van der Waals surface area (Å²) >= 11 is 0. The van der Waals surface area contributed by atoms with Crippen LogP contribution < -0.4 is 5.32 Å². The van der Waals surface area contributed by atoms with E-state index in [0.717, 1.165) is 32.4 Å². The minimum Gasteiger partial charge on any atom is -0.378 e. The molecule has 3 rings (SSSR count). The minimum absolute atomic E-state index is 0.0711. The van der Waals surface area contributed by atoms with Crippen LogP contribution in [0.4, 0.5) is 0 Å². The summed E-state index contributed by atoms with van der Waals surface area (Å²) in [6.07, 6.45) is 2.53. The highest BCUT2D eigenvalue weighted by Crippen LogP contribution is 2.20. The molecule has 2 aliphatic heterocycles. The maximum atomic E-state index is 12.6. The number of carbonyl (C=O) groups excluding carboxylic acids is 2. The van der Waals surface area contributed by atoms with E-state index >= 15 is 0 Å². The van der Waals surface area contributed by atoms with Crippen LogP contribution >= 0.6 is 0 Å². The van der Waals surface area contributed by atoms with Crippen molar-refractivity contribution in [3.63, 3.8) is 0 Å². The smallest absolute Gasteiger partial charge is 0.234 e. The van der Waals surface area contributed by atoms with Gasteiger partial charge in [0.15, 0.2) is 0 Å². The molecule has 2 amide bonds. The van der Waals surface area contributed by atoms with Gasteiger partial charge >= 0.3 is 0 Å².